The molecule has 0 aromatic heterocycles. The van der Waals surface area contributed by atoms with E-state index in [1.54, 1.807) is 0 Å². The van der Waals surface area contributed by atoms with Crippen LogP contribution >= 0.6 is 11.8 Å². The Hall–Kier alpha value is -0.970. The summed E-state index contributed by atoms with van der Waals surface area (Å²) in [6, 6.07) is 0.229. The molecule has 1 amide bonds. The molecule has 2 N–H and O–H groups in total. The van der Waals surface area contributed by atoms with Crippen molar-refractivity contribution in [1.29, 1.82) is 0 Å². The SMILES string of the molecule is CCSC1CCC(NC(=O)C2CC=CCC2C(=O)O)C1. The average Bonchev–Trinajstić information content (AvgIpc) is 2.86. The van der Waals surface area contributed by atoms with Gasteiger partial charge in [0.2, 0.25) is 5.91 Å². The van der Waals surface area contributed by atoms with Crippen LogP contribution in [0, 0.1) is 11.8 Å². The standard InChI is InChI=1S/C15H23NO3S/c1-2-20-11-8-7-10(9-11)16-14(17)12-5-3-4-6-13(12)15(18)19/h3-4,10-13H,2,5-9H2,1H3,(H,16,17)(H,18,19). The van der Waals surface area contributed by atoms with E-state index in [0.717, 1.165) is 25.0 Å². The molecule has 0 bridgehead atoms. The molecule has 0 aromatic carbocycles. The molecule has 4 unspecified atom stereocenters. The molecule has 0 aliphatic heterocycles. The van der Waals surface area contributed by atoms with Gasteiger partial charge in [-0.05, 0) is 37.9 Å². The highest BCUT2D eigenvalue weighted by molar-refractivity contribution is 7.99. The molecule has 2 aliphatic rings. The molecule has 0 radical (unpaired) electrons. The molecule has 5 heteroatoms. The van der Waals surface area contributed by atoms with E-state index in [1.807, 2.05) is 23.9 Å². The summed E-state index contributed by atoms with van der Waals surface area (Å²) in [4.78, 5) is 23.5. The number of rotatable bonds is 5. The summed E-state index contributed by atoms with van der Waals surface area (Å²) in [6.07, 6.45) is 7.99. The van der Waals surface area contributed by atoms with Crippen molar-refractivity contribution < 1.29 is 14.7 Å². The van der Waals surface area contributed by atoms with Crippen molar-refractivity contribution in [2.75, 3.05) is 5.75 Å². The van der Waals surface area contributed by atoms with Gasteiger partial charge < -0.3 is 10.4 Å². The van der Waals surface area contributed by atoms with Crippen LogP contribution in [0.2, 0.25) is 0 Å². The predicted octanol–water partition coefficient (Wildman–Crippen LogP) is 2.44. The lowest BCUT2D eigenvalue weighted by molar-refractivity contribution is -0.147. The van der Waals surface area contributed by atoms with Gasteiger partial charge in [0.1, 0.15) is 0 Å². The molecule has 0 saturated heterocycles. The minimum absolute atomic E-state index is 0.0751. The first-order chi connectivity index (χ1) is 9.61. The maximum Gasteiger partial charge on any atom is 0.307 e. The van der Waals surface area contributed by atoms with Crippen molar-refractivity contribution in [1.82, 2.24) is 5.32 Å². The number of hydrogen-bond acceptors (Lipinski definition) is 3. The second-order valence-electron chi connectivity index (χ2n) is 5.59. The number of nitrogens with one attached hydrogen (secondary N) is 1. The van der Waals surface area contributed by atoms with Crippen LogP contribution in [0.5, 0.6) is 0 Å². The lowest BCUT2D eigenvalue weighted by atomic mass is 9.82. The fourth-order valence-electron chi connectivity index (χ4n) is 3.14. The fourth-order valence-corrected chi connectivity index (χ4v) is 4.29. The van der Waals surface area contributed by atoms with Crippen molar-refractivity contribution >= 4 is 23.6 Å². The molecule has 20 heavy (non-hydrogen) atoms. The van der Waals surface area contributed by atoms with E-state index in [0.29, 0.717) is 18.1 Å². The van der Waals surface area contributed by atoms with Gasteiger partial charge in [0.05, 0.1) is 11.8 Å². The first-order valence-corrected chi connectivity index (χ1v) is 8.46. The molecule has 1 fully saturated rings. The fraction of sp³-hybridized carbons (Fsp3) is 0.733. The maximum absolute atomic E-state index is 12.3. The van der Waals surface area contributed by atoms with Crippen LogP contribution < -0.4 is 5.32 Å². The Morgan fingerprint density at radius 3 is 2.60 bits per heavy atom. The zero-order valence-electron chi connectivity index (χ0n) is 11.9. The van der Waals surface area contributed by atoms with E-state index < -0.39 is 17.8 Å². The van der Waals surface area contributed by atoms with Gasteiger partial charge in [0.25, 0.3) is 0 Å². The van der Waals surface area contributed by atoms with Crippen LogP contribution in [0.25, 0.3) is 0 Å². The van der Waals surface area contributed by atoms with Gasteiger partial charge in [-0.3, -0.25) is 9.59 Å². The van der Waals surface area contributed by atoms with Gasteiger partial charge in [-0.25, -0.2) is 0 Å². The molecular formula is C15H23NO3S. The van der Waals surface area contributed by atoms with Crippen LogP contribution in [0.15, 0.2) is 12.2 Å². The van der Waals surface area contributed by atoms with E-state index in [9.17, 15) is 14.7 Å². The van der Waals surface area contributed by atoms with Gasteiger partial charge >= 0.3 is 5.97 Å². The zero-order valence-corrected chi connectivity index (χ0v) is 12.7. The Labute approximate surface area is 124 Å². The molecule has 0 heterocycles. The third-order valence-corrected chi connectivity index (χ3v) is 5.45. The Morgan fingerprint density at radius 1 is 1.25 bits per heavy atom. The Morgan fingerprint density at radius 2 is 1.95 bits per heavy atom. The Balaban J connectivity index is 1.88. The normalized spacial score (nSPS) is 33.0. The average molecular weight is 297 g/mol. The second kappa shape index (κ2) is 7.16. The highest BCUT2D eigenvalue weighted by Gasteiger charge is 2.35. The number of thioether (sulfide) groups is 1. The first kappa shape index (κ1) is 15.4. The molecule has 1 saturated carbocycles. The van der Waals surface area contributed by atoms with Crippen molar-refractivity contribution in [3.05, 3.63) is 12.2 Å². The summed E-state index contributed by atoms with van der Waals surface area (Å²) in [5.74, 6) is -0.799. The van der Waals surface area contributed by atoms with Crippen LogP contribution in [0.1, 0.15) is 39.0 Å². The summed E-state index contributed by atoms with van der Waals surface area (Å²) in [7, 11) is 0. The molecule has 4 nitrogen and oxygen atoms in total. The quantitative estimate of drug-likeness (QED) is 0.765. The summed E-state index contributed by atoms with van der Waals surface area (Å²) in [6.45, 7) is 2.16. The van der Waals surface area contributed by atoms with E-state index in [4.69, 9.17) is 0 Å². The van der Waals surface area contributed by atoms with Gasteiger partial charge in [0.15, 0.2) is 0 Å². The molecule has 0 aromatic rings. The third kappa shape index (κ3) is 3.78. The number of amides is 1. The summed E-state index contributed by atoms with van der Waals surface area (Å²) in [5.41, 5.74) is 0. The minimum Gasteiger partial charge on any atom is -0.481 e. The maximum atomic E-state index is 12.3. The number of carbonyl (C=O) groups excluding carboxylic acids is 1. The number of carboxylic acid groups (broad SMARTS) is 1. The zero-order chi connectivity index (χ0) is 14.5. The first-order valence-electron chi connectivity index (χ1n) is 7.41. The molecule has 0 spiro atoms. The molecule has 4 atom stereocenters. The smallest absolute Gasteiger partial charge is 0.307 e. The summed E-state index contributed by atoms with van der Waals surface area (Å²) < 4.78 is 0. The van der Waals surface area contributed by atoms with Gasteiger partial charge in [-0.1, -0.05) is 19.1 Å². The van der Waals surface area contributed by atoms with Crippen LogP contribution in [0.4, 0.5) is 0 Å². The number of hydrogen-bond donors (Lipinski definition) is 2. The summed E-state index contributed by atoms with van der Waals surface area (Å²) >= 11 is 1.95. The van der Waals surface area contributed by atoms with Gasteiger partial charge in [0, 0.05) is 11.3 Å². The second-order valence-corrected chi connectivity index (χ2v) is 7.17. The highest BCUT2D eigenvalue weighted by atomic mass is 32.2. The van der Waals surface area contributed by atoms with E-state index >= 15 is 0 Å². The van der Waals surface area contributed by atoms with E-state index in [-0.39, 0.29) is 11.9 Å². The van der Waals surface area contributed by atoms with Crippen molar-refractivity contribution in [2.45, 2.75) is 50.3 Å². The number of aliphatic carboxylic acids is 1. The van der Waals surface area contributed by atoms with Crippen LogP contribution in [-0.2, 0) is 9.59 Å². The van der Waals surface area contributed by atoms with Crippen molar-refractivity contribution in [3.63, 3.8) is 0 Å². The number of allylic oxidation sites excluding steroid dienone is 2. The van der Waals surface area contributed by atoms with Crippen LogP contribution in [-0.4, -0.2) is 34.0 Å². The lowest BCUT2D eigenvalue weighted by Crippen LogP contribution is -2.42. The largest absolute Gasteiger partial charge is 0.481 e. The Kier molecular flexibility index (Phi) is 5.52. The number of carbonyl (C=O) groups is 2. The van der Waals surface area contributed by atoms with E-state index in [1.165, 1.54) is 0 Å². The molecule has 2 aliphatic carbocycles. The van der Waals surface area contributed by atoms with Crippen molar-refractivity contribution in [3.8, 4) is 0 Å². The highest BCUT2D eigenvalue weighted by Crippen LogP contribution is 2.31. The monoisotopic (exact) mass is 297 g/mol. The lowest BCUT2D eigenvalue weighted by Gasteiger charge is -2.26. The van der Waals surface area contributed by atoms with Crippen molar-refractivity contribution in [2.24, 2.45) is 11.8 Å². The molecule has 2 rings (SSSR count). The minimum atomic E-state index is -0.861. The Bertz CT molecular complexity index is 397. The molecule has 112 valence electrons. The van der Waals surface area contributed by atoms with Gasteiger partial charge in [-0.2, -0.15) is 11.8 Å². The summed E-state index contributed by atoms with van der Waals surface area (Å²) in [5, 5.41) is 12.9. The molecular weight excluding hydrogens is 274 g/mol. The van der Waals surface area contributed by atoms with Gasteiger partial charge in [-0.15, -0.1) is 0 Å². The topological polar surface area (TPSA) is 66.4 Å². The third-order valence-electron chi connectivity index (χ3n) is 4.22. The number of carboxylic acids is 1. The van der Waals surface area contributed by atoms with E-state index in [2.05, 4.69) is 12.2 Å². The predicted molar refractivity (Wildman–Crippen MR) is 80.7 cm³/mol. The van der Waals surface area contributed by atoms with Crippen LogP contribution in [0.3, 0.4) is 0 Å².